The lowest BCUT2D eigenvalue weighted by Crippen LogP contribution is -2.36. The van der Waals surface area contributed by atoms with E-state index >= 15 is 0 Å². The molecule has 1 heterocycles. The first kappa shape index (κ1) is 8.57. The van der Waals surface area contributed by atoms with Gasteiger partial charge in [0, 0.05) is 17.5 Å². The SMILES string of the molecule is C[C@H](N)[C@H]1Oc2ccccc2[C@H]1C. The fourth-order valence-corrected chi connectivity index (χ4v) is 1.95. The van der Waals surface area contributed by atoms with Crippen LogP contribution >= 0.6 is 0 Å². The zero-order valence-corrected chi connectivity index (χ0v) is 8.03. The molecule has 0 aromatic heterocycles. The summed E-state index contributed by atoms with van der Waals surface area (Å²) < 4.78 is 5.76. The molecular formula is C11H15NO. The lowest BCUT2D eigenvalue weighted by Gasteiger charge is -2.18. The van der Waals surface area contributed by atoms with Crippen molar-refractivity contribution in [3.63, 3.8) is 0 Å². The van der Waals surface area contributed by atoms with E-state index in [0.717, 1.165) is 5.75 Å². The van der Waals surface area contributed by atoms with Crippen LogP contribution in [0.4, 0.5) is 0 Å². The average molecular weight is 177 g/mol. The van der Waals surface area contributed by atoms with Gasteiger partial charge in [0.2, 0.25) is 0 Å². The number of rotatable bonds is 1. The Kier molecular flexibility index (Phi) is 2.00. The molecule has 2 N–H and O–H groups in total. The zero-order chi connectivity index (χ0) is 9.42. The maximum Gasteiger partial charge on any atom is 0.123 e. The second-order valence-electron chi connectivity index (χ2n) is 3.77. The Balaban J connectivity index is 2.32. The van der Waals surface area contributed by atoms with E-state index in [2.05, 4.69) is 13.0 Å². The highest BCUT2D eigenvalue weighted by molar-refractivity contribution is 5.40. The maximum absolute atomic E-state index is 5.84. The second kappa shape index (κ2) is 3.04. The van der Waals surface area contributed by atoms with Crippen molar-refractivity contribution < 1.29 is 4.74 Å². The van der Waals surface area contributed by atoms with Crippen molar-refractivity contribution in [3.8, 4) is 5.75 Å². The van der Waals surface area contributed by atoms with E-state index in [-0.39, 0.29) is 12.1 Å². The van der Waals surface area contributed by atoms with E-state index in [1.807, 2.05) is 25.1 Å². The molecule has 1 aromatic rings. The molecule has 0 radical (unpaired) electrons. The predicted molar refractivity (Wildman–Crippen MR) is 52.9 cm³/mol. The van der Waals surface area contributed by atoms with Gasteiger partial charge in [0.05, 0.1) is 0 Å². The third-order valence-electron chi connectivity index (χ3n) is 2.68. The Bertz CT molecular complexity index is 309. The minimum Gasteiger partial charge on any atom is -0.488 e. The molecule has 13 heavy (non-hydrogen) atoms. The number of hydrogen-bond donors (Lipinski definition) is 1. The summed E-state index contributed by atoms with van der Waals surface area (Å²) in [6, 6.07) is 8.25. The molecule has 70 valence electrons. The first-order chi connectivity index (χ1) is 6.20. The van der Waals surface area contributed by atoms with Crippen molar-refractivity contribution in [2.45, 2.75) is 31.9 Å². The minimum atomic E-state index is 0.0856. The van der Waals surface area contributed by atoms with E-state index < -0.39 is 0 Å². The molecule has 0 fully saturated rings. The van der Waals surface area contributed by atoms with Gasteiger partial charge in [0.1, 0.15) is 11.9 Å². The van der Waals surface area contributed by atoms with Gasteiger partial charge in [-0.2, -0.15) is 0 Å². The Morgan fingerprint density at radius 3 is 2.69 bits per heavy atom. The Hall–Kier alpha value is -1.02. The molecule has 0 bridgehead atoms. The summed E-state index contributed by atoms with van der Waals surface area (Å²) >= 11 is 0. The van der Waals surface area contributed by atoms with Crippen LogP contribution in [-0.2, 0) is 0 Å². The molecule has 3 atom stereocenters. The zero-order valence-electron chi connectivity index (χ0n) is 8.03. The van der Waals surface area contributed by atoms with Crippen molar-refractivity contribution in [2.75, 3.05) is 0 Å². The summed E-state index contributed by atoms with van der Waals surface area (Å²) in [5.41, 5.74) is 7.12. The average Bonchev–Trinajstić information content (AvgIpc) is 2.45. The van der Waals surface area contributed by atoms with Gasteiger partial charge in [0.25, 0.3) is 0 Å². The minimum absolute atomic E-state index is 0.0856. The topological polar surface area (TPSA) is 35.2 Å². The van der Waals surface area contributed by atoms with E-state index in [0.29, 0.717) is 5.92 Å². The van der Waals surface area contributed by atoms with E-state index in [1.54, 1.807) is 0 Å². The third-order valence-corrected chi connectivity index (χ3v) is 2.68. The fraction of sp³-hybridized carbons (Fsp3) is 0.455. The van der Waals surface area contributed by atoms with Crippen molar-refractivity contribution in [2.24, 2.45) is 5.73 Å². The summed E-state index contributed by atoms with van der Waals surface area (Å²) in [6.07, 6.45) is 0.136. The number of nitrogens with two attached hydrogens (primary N) is 1. The van der Waals surface area contributed by atoms with Crippen LogP contribution in [0.5, 0.6) is 5.75 Å². The number of fused-ring (bicyclic) bond motifs is 1. The van der Waals surface area contributed by atoms with E-state index in [9.17, 15) is 0 Å². The number of benzene rings is 1. The first-order valence-electron chi connectivity index (χ1n) is 4.71. The molecular weight excluding hydrogens is 162 g/mol. The Morgan fingerprint density at radius 2 is 2.08 bits per heavy atom. The summed E-state index contributed by atoms with van der Waals surface area (Å²) in [5.74, 6) is 1.41. The highest BCUT2D eigenvalue weighted by Crippen LogP contribution is 2.38. The number of hydrogen-bond acceptors (Lipinski definition) is 2. The van der Waals surface area contributed by atoms with Crippen molar-refractivity contribution in [1.29, 1.82) is 0 Å². The molecule has 0 saturated heterocycles. The fourth-order valence-electron chi connectivity index (χ4n) is 1.95. The van der Waals surface area contributed by atoms with Crippen LogP contribution in [0.25, 0.3) is 0 Å². The van der Waals surface area contributed by atoms with Crippen molar-refractivity contribution in [3.05, 3.63) is 29.8 Å². The monoisotopic (exact) mass is 177 g/mol. The third kappa shape index (κ3) is 1.31. The van der Waals surface area contributed by atoms with Gasteiger partial charge in [0.15, 0.2) is 0 Å². The van der Waals surface area contributed by atoms with Crippen LogP contribution in [0.3, 0.4) is 0 Å². The second-order valence-corrected chi connectivity index (χ2v) is 3.77. The van der Waals surface area contributed by atoms with Crippen LogP contribution in [0, 0.1) is 0 Å². The van der Waals surface area contributed by atoms with Crippen LogP contribution in [0.2, 0.25) is 0 Å². The largest absolute Gasteiger partial charge is 0.488 e. The number of para-hydroxylation sites is 1. The summed E-state index contributed by atoms with van der Waals surface area (Å²) in [7, 11) is 0. The molecule has 0 unspecified atom stereocenters. The summed E-state index contributed by atoms with van der Waals surface area (Å²) in [4.78, 5) is 0. The first-order valence-corrected chi connectivity index (χ1v) is 4.71. The molecule has 0 saturated carbocycles. The van der Waals surface area contributed by atoms with Gasteiger partial charge >= 0.3 is 0 Å². The van der Waals surface area contributed by atoms with Gasteiger partial charge in [-0.3, -0.25) is 0 Å². The quantitative estimate of drug-likeness (QED) is 0.711. The van der Waals surface area contributed by atoms with Gasteiger partial charge in [-0.1, -0.05) is 25.1 Å². The maximum atomic E-state index is 5.84. The smallest absolute Gasteiger partial charge is 0.123 e. The molecule has 1 aliphatic rings. The van der Waals surface area contributed by atoms with Crippen molar-refractivity contribution in [1.82, 2.24) is 0 Å². The lowest BCUT2D eigenvalue weighted by molar-refractivity contribution is 0.185. The normalized spacial score (nSPS) is 27.9. The van der Waals surface area contributed by atoms with Crippen LogP contribution in [0.15, 0.2) is 24.3 Å². The summed E-state index contributed by atoms with van der Waals surface area (Å²) in [5, 5.41) is 0. The predicted octanol–water partition coefficient (Wildman–Crippen LogP) is 1.90. The van der Waals surface area contributed by atoms with Gasteiger partial charge in [-0.15, -0.1) is 0 Å². The molecule has 2 nitrogen and oxygen atoms in total. The molecule has 0 aliphatic carbocycles. The molecule has 2 rings (SSSR count). The molecule has 1 aromatic carbocycles. The van der Waals surface area contributed by atoms with Gasteiger partial charge < -0.3 is 10.5 Å². The molecule has 0 spiro atoms. The molecule has 1 aliphatic heterocycles. The number of ether oxygens (including phenoxy) is 1. The Labute approximate surface area is 78.7 Å². The van der Waals surface area contributed by atoms with Crippen molar-refractivity contribution >= 4 is 0 Å². The van der Waals surface area contributed by atoms with Crippen LogP contribution < -0.4 is 10.5 Å². The van der Waals surface area contributed by atoms with Gasteiger partial charge in [-0.25, -0.2) is 0 Å². The van der Waals surface area contributed by atoms with Crippen LogP contribution in [0.1, 0.15) is 25.3 Å². The highest BCUT2D eigenvalue weighted by atomic mass is 16.5. The van der Waals surface area contributed by atoms with E-state index in [1.165, 1.54) is 5.56 Å². The van der Waals surface area contributed by atoms with Crippen LogP contribution in [-0.4, -0.2) is 12.1 Å². The van der Waals surface area contributed by atoms with Gasteiger partial charge in [-0.05, 0) is 13.0 Å². The van der Waals surface area contributed by atoms with E-state index in [4.69, 9.17) is 10.5 Å². The molecule has 2 heteroatoms. The Morgan fingerprint density at radius 1 is 1.38 bits per heavy atom. The lowest BCUT2D eigenvalue weighted by atomic mass is 9.94. The highest BCUT2D eigenvalue weighted by Gasteiger charge is 2.32. The molecule has 0 amide bonds. The standard InChI is InChI=1S/C11H15NO/c1-7-9-5-3-4-6-10(9)13-11(7)8(2)12/h3-8,11H,12H2,1-2H3/t7-,8+,11+/m1/s1. The summed E-state index contributed by atoms with van der Waals surface area (Å²) in [6.45, 7) is 4.16.